The summed E-state index contributed by atoms with van der Waals surface area (Å²) in [5.74, 6) is -1.23. The number of halogens is 1. The number of carbonyl (C=O) groups is 1. The van der Waals surface area contributed by atoms with Gasteiger partial charge in [0.15, 0.2) is 23.6 Å². The van der Waals surface area contributed by atoms with Gasteiger partial charge in [-0.2, -0.15) is 15.1 Å². The van der Waals surface area contributed by atoms with Gasteiger partial charge in [0.2, 0.25) is 11.8 Å². The molecule has 1 saturated heterocycles. The number of aliphatic carboxylic acids is 1. The summed E-state index contributed by atoms with van der Waals surface area (Å²) in [5.41, 5.74) is 3.97. The molecule has 16 heteroatoms. The van der Waals surface area contributed by atoms with E-state index in [1.165, 1.54) is 31.9 Å². The molecule has 6 atom stereocenters. The van der Waals surface area contributed by atoms with Crippen LogP contribution >= 0.6 is 7.75 Å². The van der Waals surface area contributed by atoms with E-state index in [0.29, 0.717) is 5.39 Å². The van der Waals surface area contributed by atoms with E-state index in [-0.39, 0.29) is 28.7 Å². The molecular weight excluding hydrogens is 562 g/mol. The second-order valence-electron chi connectivity index (χ2n) is 9.62. The summed E-state index contributed by atoms with van der Waals surface area (Å²) >= 11 is 0. The van der Waals surface area contributed by atoms with Gasteiger partial charge in [-0.25, -0.2) is 13.9 Å². The number of imidazole rings is 1. The number of alkyl halides is 1. The predicted molar refractivity (Wildman–Crippen MR) is 144 cm³/mol. The third kappa shape index (κ3) is 5.42. The molecule has 0 saturated carbocycles. The van der Waals surface area contributed by atoms with Crippen molar-refractivity contribution in [3.05, 3.63) is 48.8 Å². The van der Waals surface area contributed by atoms with Gasteiger partial charge >= 0.3 is 13.7 Å². The zero-order valence-electron chi connectivity index (χ0n) is 22.2. The van der Waals surface area contributed by atoms with Gasteiger partial charge in [0.1, 0.15) is 23.5 Å². The number of aromatic nitrogens is 4. The number of hydrogen-bond donors (Lipinski definition) is 4. The van der Waals surface area contributed by atoms with Crippen molar-refractivity contribution in [3.8, 4) is 11.6 Å². The summed E-state index contributed by atoms with van der Waals surface area (Å²) in [6, 6.07) is 10.8. The lowest BCUT2D eigenvalue weighted by atomic mass is 9.98. The summed E-state index contributed by atoms with van der Waals surface area (Å²) < 4.78 is 53.0. The number of fused-ring (bicyclic) bond motifs is 2. The lowest BCUT2D eigenvalue weighted by molar-refractivity contribution is -0.138. The van der Waals surface area contributed by atoms with Crippen LogP contribution in [0.25, 0.3) is 21.9 Å². The minimum atomic E-state index is -4.44. The third-order valence-electron chi connectivity index (χ3n) is 6.64. The highest BCUT2D eigenvalue weighted by Gasteiger charge is 2.55. The van der Waals surface area contributed by atoms with Gasteiger partial charge < -0.3 is 29.9 Å². The summed E-state index contributed by atoms with van der Waals surface area (Å²) in [6.45, 7) is 1.79. The van der Waals surface area contributed by atoms with Crippen LogP contribution in [0.4, 0.5) is 10.3 Å². The number of benzene rings is 2. The average molecular weight is 591 g/mol. The normalized spacial score (nSPS) is 24.8. The molecule has 14 nitrogen and oxygen atoms in total. The zero-order chi connectivity index (χ0) is 29.5. The maximum atomic E-state index is 15.6. The molecule has 0 amide bonds. The Kier molecular flexibility index (Phi) is 7.57. The number of anilines is 1. The maximum absolute atomic E-state index is 15.6. The number of nitrogens with zero attached hydrogens (tertiary/aromatic N) is 4. The number of ether oxygens (including phenoxy) is 2. The Bertz CT molecular complexity index is 1650. The first-order chi connectivity index (χ1) is 19.4. The molecule has 0 spiro atoms. The Morgan fingerprint density at radius 2 is 2.02 bits per heavy atom. The molecule has 1 aliphatic heterocycles. The lowest BCUT2D eigenvalue weighted by Gasteiger charge is -2.26. The highest BCUT2D eigenvalue weighted by atomic mass is 31.2. The summed E-state index contributed by atoms with van der Waals surface area (Å²) in [7, 11) is -3.08. The first-order valence-corrected chi connectivity index (χ1v) is 14.0. The second kappa shape index (κ2) is 10.8. The van der Waals surface area contributed by atoms with E-state index in [0.717, 1.165) is 5.39 Å². The number of methoxy groups -OCH3 is 1. The topological polar surface area (TPSA) is 193 Å². The van der Waals surface area contributed by atoms with Crippen LogP contribution in [0.1, 0.15) is 20.1 Å². The molecule has 0 aliphatic carbocycles. The van der Waals surface area contributed by atoms with Gasteiger partial charge in [-0.1, -0.05) is 36.4 Å². The Hall–Kier alpha value is -3.88. The van der Waals surface area contributed by atoms with Crippen molar-refractivity contribution < 1.29 is 42.5 Å². The number of carboxylic acid groups (broad SMARTS) is 1. The quantitative estimate of drug-likeness (QED) is 0.197. The zero-order valence-corrected chi connectivity index (χ0v) is 23.1. The van der Waals surface area contributed by atoms with E-state index in [1.807, 2.05) is 18.2 Å². The van der Waals surface area contributed by atoms with Crippen LogP contribution < -0.4 is 20.1 Å². The number of hydrogen-bond acceptors (Lipinski definition) is 11. The fourth-order valence-corrected chi connectivity index (χ4v) is 6.06. The molecule has 41 heavy (non-hydrogen) atoms. The van der Waals surface area contributed by atoms with E-state index in [4.69, 9.17) is 24.3 Å². The molecule has 0 radical (unpaired) electrons. The van der Waals surface area contributed by atoms with Crippen LogP contribution in [-0.2, 0) is 18.6 Å². The summed E-state index contributed by atoms with van der Waals surface area (Å²) in [4.78, 5) is 23.8. The van der Waals surface area contributed by atoms with Crippen molar-refractivity contribution in [1.29, 1.82) is 0 Å². The highest BCUT2D eigenvalue weighted by Crippen LogP contribution is 2.49. The third-order valence-corrected chi connectivity index (χ3v) is 8.27. The Balaban J connectivity index is 1.42. The molecule has 5 N–H and O–H groups in total. The van der Waals surface area contributed by atoms with E-state index in [1.54, 1.807) is 24.3 Å². The molecule has 2 aromatic heterocycles. The number of carboxylic acids is 1. The second-order valence-corrected chi connectivity index (χ2v) is 11.3. The van der Waals surface area contributed by atoms with Gasteiger partial charge in [0, 0.05) is 5.39 Å². The predicted octanol–water partition coefficient (Wildman–Crippen LogP) is 2.82. The number of nitrogens with one attached hydrogen (secondary N) is 1. The number of nitrogen functional groups attached to an aromatic ring is 1. The standard InChI is InChI=1S/C25H28FN6O8P/c1-13(22(33)34)31-41(36,40-16-10-6-8-14-7-4-5-9-15(14)16)38-11-17-19(26)25(2,35)23(39-17)32-12-28-18-20(32)29-24(27)30-21(18)37-3/h4-10,12-13,17,19,23,35H,11H2,1-3H3,(H,31,36)(H,33,34)(H2,27,29,30)/t13?,17-,19+,23-,25-,41?/m1/s1. The van der Waals surface area contributed by atoms with Crippen LogP contribution in [0.15, 0.2) is 48.8 Å². The molecule has 3 heterocycles. The molecule has 1 fully saturated rings. The Morgan fingerprint density at radius 1 is 1.29 bits per heavy atom. The summed E-state index contributed by atoms with van der Waals surface area (Å²) in [5, 5.41) is 24.3. The first-order valence-electron chi connectivity index (χ1n) is 12.4. The number of rotatable bonds is 10. The largest absolute Gasteiger partial charge is 0.480 e. The number of nitrogens with two attached hydrogens (primary N) is 1. The molecule has 4 aromatic rings. The molecule has 5 rings (SSSR count). The van der Waals surface area contributed by atoms with Crippen molar-refractivity contribution in [2.24, 2.45) is 0 Å². The maximum Gasteiger partial charge on any atom is 0.459 e. The smallest absolute Gasteiger partial charge is 0.459 e. The molecule has 2 aromatic carbocycles. The van der Waals surface area contributed by atoms with Crippen molar-refractivity contribution in [3.63, 3.8) is 0 Å². The van der Waals surface area contributed by atoms with Gasteiger partial charge in [-0.3, -0.25) is 13.9 Å². The van der Waals surface area contributed by atoms with Gasteiger partial charge in [0.25, 0.3) is 0 Å². The van der Waals surface area contributed by atoms with E-state index in [9.17, 15) is 19.6 Å². The molecule has 218 valence electrons. The van der Waals surface area contributed by atoms with Crippen molar-refractivity contribution >= 4 is 41.6 Å². The van der Waals surface area contributed by atoms with Crippen LogP contribution in [-0.4, -0.2) is 73.3 Å². The highest BCUT2D eigenvalue weighted by molar-refractivity contribution is 7.52. The van der Waals surface area contributed by atoms with E-state index < -0.39 is 50.5 Å². The summed E-state index contributed by atoms with van der Waals surface area (Å²) in [6.07, 6.45) is -3.60. The van der Waals surface area contributed by atoms with Crippen LogP contribution in [0.5, 0.6) is 11.6 Å². The molecule has 1 aliphatic rings. The van der Waals surface area contributed by atoms with Gasteiger partial charge in [-0.15, -0.1) is 0 Å². The Morgan fingerprint density at radius 3 is 2.76 bits per heavy atom. The fourth-order valence-electron chi connectivity index (χ4n) is 4.54. The lowest BCUT2D eigenvalue weighted by Crippen LogP contribution is -2.42. The van der Waals surface area contributed by atoms with E-state index >= 15 is 4.39 Å². The minimum Gasteiger partial charge on any atom is -0.480 e. The van der Waals surface area contributed by atoms with Crippen molar-refractivity contribution in [2.45, 2.75) is 44.0 Å². The van der Waals surface area contributed by atoms with Crippen LogP contribution in [0, 0.1) is 0 Å². The minimum absolute atomic E-state index is 0.0747. The average Bonchev–Trinajstić information content (AvgIpc) is 3.44. The van der Waals surface area contributed by atoms with Gasteiger partial charge in [-0.05, 0) is 25.3 Å². The van der Waals surface area contributed by atoms with Crippen LogP contribution in [0.3, 0.4) is 0 Å². The Labute approximate surface area is 232 Å². The SMILES string of the molecule is COc1nc(N)nc2c1ncn2[C@@H]1O[C@H](COP(=O)(NC(C)C(=O)O)Oc2cccc3ccccc23)[C@H](F)[C@@]1(C)O. The fraction of sp³-hybridized carbons (Fsp3) is 0.360. The monoisotopic (exact) mass is 590 g/mol. The van der Waals surface area contributed by atoms with Crippen molar-refractivity contribution in [1.82, 2.24) is 24.6 Å². The molecule has 2 unspecified atom stereocenters. The molecule has 0 bridgehead atoms. The van der Waals surface area contributed by atoms with Gasteiger partial charge in [0.05, 0.1) is 20.0 Å². The van der Waals surface area contributed by atoms with E-state index in [2.05, 4.69) is 20.0 Å². The van der Waals surface area contributed by atoms with Crippen molar-refractivity contribution in [2.75, 3.05) is 19.5 Å². The first kappa shape index (κ1) is 28.6. The number of aliphatic hydroxyl groups is 1. The van der Waals surface area contributed by atoms with Crippen LogP contribution in [0.2, 0.25) is 0 Å². The molecular formula is C25H28FN6O8P.